The zero-order valence-electron chi connectivity index (χ0n) is 11.5. The minimum atomic E-state index is -1.14. The molecule has 0 amide bonds. The predicted molar refractivity (Wildman–Crippen MR) is 69.6 cm³/mol. The second kappa shape index (κ2) is 5.26. The van der Waals surface area contributed by atoms with Crippen LogP contribution in [0.2, 0.25) is 0 Å². The third-order valence-corrected chi connectivity index (χ3v) is 3.43. The van der Waals surface area contributed by atoms with Gasteiger partial charge in [0.15, 0.2) is 0 Å². The van der Waals surface area contributed by atoms with E-state index in [0.29, 0.717) is 0 Å². The number of aromatic carboxylic acids is 1. The lowest BCUT2D eigenvalue weighted by atomic mass is 10.1. The molecule has 19 heavy (non-hydrogen) atoms. The number of aryl methyl sites for hydroxylation is 1. The summed E-state index contributed by atoms with van der Waals surface area (Å²) in [6.07, 6.45) is 2.12. The van der Waals surface area contributed by atoms with Gasteiger partial charge in [-0.1, -0.05) is 24.3 Å². The Balaban J connectivity index is 2.24. The van der Waals surface area contributed by atoms with Gasteiger partial charge in [-0.25, -0.2) is 9.13 Å². The van der Waals surface area contributed by atoms with Gasteiger partial charge in [0.25, 0.3) is 5.82 Å². The molecular formula is C15H18N2O2. The molecule has 0 radical (unpaired) electrons. The number of nitrogens with zero attached hydrogens (tertiary/aromatic N) is 2. The van der Waals surface area contributed by atoms with E-state index < -0.39 is 5.97 Å². The molecule has 0 saturated heterocycles. The van der Waals surface area contributed by atoms with Crippen molar-refractivity contribution in [2.24, 2.45) is 0 Å². The van der Waals surface area contributed by atoms with Crippen LogP contribution in [0.1, 0.15) is 34.4 Å². The molecule has 0 N–H and O–H groups in total. The molecule has 0 bridgehead atoms. The zero-order chi connectivity index (χ0) is 14.0. The van der Waals surface area contributed by atoms with E-state index in [1.807, 2.05) is 12.1 Å². The number of carbonyl (C=O) groups excluding carboxylic acids is 1. The first kappa shape index (κ1) is 13.3. The number of benzene rings is 1. The highest BCUT2D eigenvalue weighted by Crippen LogP contribution is 2.06. The highest BCUT2D eigenvalue weighted by Gasteiger charge is 2.15. The Kier molecular flexibility index (Phi) is 3.69. The molecule has 0 atom stereocenters. The Morgan fingerprint density at radius 3 is 2.37 bits per heavy atom. The van der Waals surface area contributed by atoms with E-state index in [-0.39, 0.29) is 5.56 Å². The van der Waals surface area contributed by atoms with Crippen LogP contribution in [-0.4, -0.2) is 10.5 Å². The normalized spacial score (nSPS) is 10.7. The number of carbonyl (C=O) groups is 1. The summed E-state index contributed by atoms with van der Waals surface area (Å²) in [5.41, 5.74) is 2.52. The van der Waals surface area contributed by atoms with Gasteiger partial charge in [0.05, 0.1) is 12.5 Å². The molecule has 0 spiro atoms. The van der Waals surface area contributed by atoms with E-state index in [1.165, 1.54) is 11.5 Å². The lowest BCUT2D eigenvalue weighted by Crippen LogP contribution is -2.36. The van der Waals surface area contributed by atoms with Crippen molar-refractivity contribution in [3.63, 3.8) is 0 Å². The van der Waals surface area contributed by atoms with Gasteiger partial charge in [-0.15, -0.1) is 0 Å². The summed E-state index contributed by atoms with van der Waals surface area (Å²) in [5, 5.41) is 10.7. The third kappa shape index (κ3) is 2.67. The van der Waals surface area contributed by atoms with Gasteiger partial charge >= 0.3 is 0 Å². The molecule has 100 valence electrons. The summed E-state index contributed by atoms with van der Waals surface area (Å²) in [6, 6.07) is 6.83. The Morgan fingerprint density at radius 1 is 1.26 bits per heavy atom. The average Bonchev–Trinajstić information content (AvgIpc) is 2.64. The molecule has 0 fully saturated rings. The van der Waals surface area contributed by atoms with Crippen molar-refractivity contribution in [3.05, 3.63) is 53.1 Å². The maximum Gasteiger partial charge on any atom is 0.253 e. The minimum Gasteiger partial charge on any atom is -0.545 e. The van der Waals surface area contributed by atoms with Gasteiger partial charge in [-0.05, 0) is 18.1 Å². The van der Waals surface area contributed by atoms with E-state index in [0.717, 1.165) is 18.7 Å². The molecule has 4 heteroatoms. The van der Waals surface area contributed by atoms with Crippen LogP contribution in [0.5, 0.6) is 0 Å². The zero-order valence-corrected chi connectivity index (χ0v) is 11.5. The summed E-state index contributed by atoms with van der Waals surface area (Å²) in [4.78, 5) is 10.7. The number of rotatable bonds is 4. The largest absolute Gasteiger partial charge is 0.545 e. The molecule has 0 aliphatic heterocycles. The fourth-order valence-corrected chi connectivity index (χ4v) is 2.38. The van der Waals surface area contributed by atoms with Crippen molar-refractivity contribution < 1.29 is 14.5 Å². The van der Waals surface area contributed by atoms with Crippen molar-refractivity contribution in [2.45, 2.75) is 33.9 Å². The topological polar surface area (TPSA) is 48.9 Å². The van der Waals surface area contributed by atoms with Crippen molar-refractivity contribution in [1.82, 2.24) is 4.57 Å². The number of hydrogen-bond donors (Lipinski definition) is 0. The molecule has 2 rings (SSSR count). The predicted octanol–water partition coefficient (Wildman–Crippen LogP) is 0.824. The molecule has 1 heterocycles. The molecule has 0 saturated carbocycles. The SMILES string of the molecule is CCn1c(C)c[n+](Cc2ccc(C(=O)[O-])cc2)c1C. The molecular weight excluding hydrogens is 240 g/mol. The summed E-state index contributed by atoms with van der Waals surface area (Å²) >= 11 is 0. The smallest absolute Gasteiger partial charge is 0.253 e. The fourth-order valence-electron chi connectivity index (χ4n) is 2.38. The van der Waals surface area contributed by atoms with Gasteiger partial charge in [-0.3, -0.25) is 0 Å². The first-order valence-corrected chi connectivity index (χ1v) is 6.39. The second-order valence-electron chi connectivity index (χ2n) is 4.67. The molecule has 0 unspecified atom stereocenters. The van der Waals surface area contributed by atoms with Crippen molar-refractivity contribution in [2.75, 3.05) is 0 Å². The molecule has 0 aliphatic rings. The molecule has 4 nitrogen and oxygen atoms in total. The lowest BCUT2D eigenvalue weighted by Gasteiger charge is -2.04. The van der Waals surface area contributed by atoms with Crippen LogP contribution in [0.15, 0.2) is 30.5 Å². The maximum atomic E-state index is 10.7. The van der Waals surface area contributed by atoms with Gasteiger partial charge < -0.3 is 9.90 Å². The minimum absolute atomic E-state index is 0.216. The van der Waals surface area contributed by atoms with E-state index in [9.17, 15) is 9.90 Å². The van der Waals surface area contributed by atoms with Crippen molar-refractivity contribution in [1.29, 1.82) is 0 Å². The number of carboxylic acid groups (broad SMARTS) is 1. The van der Waals surface area contributed by atoms with Crippen LogP contribution >= 0.6 is 0 Å². The summed E-state index contributed by atoms with van der Waals surface area (Å²) in [5.74, 6) is 0.0624. The lowest BCUT2D eigenvalue weighted by molar-refractivity contribution is -0.694. The Morgan fingerprint density at radius 2 is 1.89 bits per heavy atom. The maximum absolute atomic E-state index is 10.7. The van der Waals surface area contributed by atoms with Crippen LogP contribution in [0.25, 0.3) is 0 Å². The molecule has 0 aliphatic carbocycles. The van der Waals surface area contributed by atoms with Crippen LogP contribution < -0.4 is 9.67 Å². The molecule has 1 aromatic heterocycles. The first-order valence-electron chi connectivity index (χ1n) is 6.39. The number of imidazole rings is 1. The van der Waals surface area contributed by atoms with Crippen LogP contribution in [0, 0.1) is 13.8 Å². The van der Waals surface area contributed by atoms with E-state index >= 15 is 0 Å². The van der Waals surface area contributed by atoms with Crippen LogP contribution in [0.4, 0.5) is 0 Å². The average molecular weight is 258 g/mol. The quantitative estimate of drug-likeness (QED) is 0.762. The Labute approximate surface area is 112 Å². The number of hydrogen-bond acceptors (Lipinski definition) is 2. The second-order valence-corrected chi connectivity index (χ2v) is 4.67. The molecule has 2 aromatic rings. The third-order valence-electron chi connectivity index (χ3n) is 3.43. The summed E-state index contributed by atoms with van der Waals surface area (Å²) in [7, 11) is 0. The first-order chi connectivity index (χ1) is 9.02. The van der Waals surface area contributed by atoms with Gasteiger partial charge in [0, 0.05) is 13.8 Å². The van der Waals surface area contributed by atoms with Crippen LogP contribution in [0.3, 0.4) is 0 Å². The van der Waals surface area contributed by atoms with Gasteiger partial charge in [-0.2, -0.15) is 0 Å². The van der Waals surface area contributed by atoms with Gasteiger partial charge in [0.1, 0.15) is 18.4 Å². The summed E-state index contributed by atoms with van der Waals surface area (Å²) in [6.45, 7) is 8.00. The number of aromatic nitrogens is 2. The standard InChI is InChI=1S/C15H18N2O2/c1-4-17-11(2)9-16(12(17)3)10-13-5-7-14(8-6-13)15(18)19/h5-9H,4,10H2,1-3H3. The van der Waals surface area contributed by atoms with Gasteiger partial charge in [0.2, 0.25) is 0 Å². The van der Waals surface area contributed by atoms with E-state index in [1.54, 1.807) is 12.1 Å². The Hall–Kier alpha value is -2.10. The molecule has 1 aromatic carbocycles. The summed E-state index contributed by atoms with van der Waals surface area (Å²) < 4.78 is 4.42. The van der Waals surface area contributed by atoms with E-state index in [4.69, 9.17) is 0 Å². The number of carboxylic acids is 1. The van der Waals surface area contributed by atoms with Crippen molar-refractivity contribution in [3.8, 4) is 0 Å². The fraction of sp³-hybridized carbons (Fsp3) is 0.333. The highest BCUT2D eigenvalue weighted by atomic mass is 16.4. The van der Waals surface area contributed by atoms with Crippen molar-refractivity contribution >= 4 is 5.97 Å². The Bertz CT molecular complexity index is 597. The van der Waals surface area contributed by atoms with Crippen LogP contribution in [-0.2, 0) is 13.1 Å². The van der Waals surface area contributed by atoms with E-state index in [2.05, 4.69) is 36.1 Å². The monoisotopic (exact) mass is 258 g/mol. The highest BCUT2D eigenvalue weighted by molar-refractivity contribution is 5.85.